The number of carbonyl (C=O) groups is 1. The van der Waals surface area contributed by atoms with Crippen LogP contribution in [0, 0.1) is 5.92 Å². The molecule has 1 amide bonds. The quantitative estimate of drug-likeness (QED) is 0.549. The van der Waals surface area contributed by atoms with E-state index in [1.165, 1.54) is 19.3 Å². The van der Waals surface area contributed by atoms with Crippen LogP contribution in [0.25, 0.3) is 0 Å². The summed E-state index contributed by atoms with van der Waals surface area (Å²) >= 11 is 3.49. The minimum Gasteiger partial charge on any atom is -0.444 e. The lowest BCUT2D eigenvalue weighted by Gasteiger charge is -2.31. The predicted molar refractivity (Wildman–Crippen MR) is 95.7 cm³/mol. The molecule has 0 saturated heterocycles. The van der Waals surface area contributed by atoms with E-state index in [9.17, 15) is 4.79 Å². The van der Waals surface area contributed by atoms with E-state index in [1.807, 2.05) is 27.7 Å². The van der Waals surface area contributed by atoms with Crippen molar-refractivity contribution in [3.63, 3.8) is 0 Å². The Bertz CT molecular complexity index is 318. The van der Waals surface area contributed by atoms with Crippen LogP contribution < -0.4 is 5.32 Å². The molecule has 0 aromatic rings. The number of amides is 1. The van der Waals surface area contributed by atoms with Gasteiger partial charge in [-0.25, -0.2) is 4.79 Å². The molecule has 2 unspecified atom stereocenters. The molecule has 4 nitrogen and oxygen atoms in total. The van der Waals surface area contributed by atoms with Gasteiger partial charge in [0.25, 0.3) is 0 Å². The average Bonchev–Trinajstić information content (AvgIpc) is 2.43. The van der Waals surface area contributed by atoms with Crippen molar-refractivity contribution in [3.05, 3.63) is 0 Å². The maximum absolute atomic E-state index is 11.8. The Hall–Kier alpha value is -0.290. The molecule has 0 aliphatic carbocycles. The minimum absolute atomic E-state index is 0.402. The SMILES string of the molecule is CCCCC(CC)COC(C)(CBr)CNC(=O)OC(C)(C)C. The molecule has 132 valence electrons. The van der Waals surface area contributed by atoms with E-state index in [-0.39, 0.29) is 0 Å². The first-order valence-electron chi connectivity index (χ1n) is 8.32. The number of ether oxygens (including phenoxy) is 2. The van der Waals surface area contributed by atoms with Gasteiger partial charge in [-0.2, -0.15) is 0 Å². The van der Waals surface area contributed by atoms with Crippen LogP contribution in [0.1, 0.15) is 67.2 Å². The molecular weight excluding hydrogens is 346 g/mol. The number of carbonyl (C=O) groups excluding carboxylic acids is 1. The summed E-state index contributed by atoms with van der Waals surface area (Å²) in [6.45, 7) is 13.1. The highest BCUT2D eigenvalue weighted by Gasteiger charge is 2.27. The summed E-state index contributed by atoms with van der Waals surface area (Å²) < 4.78 is 11.3. The van der Waals surface area contributed by atoms with Gasteiger partial charge in [0.05, 0.1) is 18.8 Å². The molecule has 2 atom stereocenters. The van der Waals surface area contributed by atoms with Crippen molar-refractivity contribution in [2.24, 2.45) is 5.92 Å². The zero-order valence-electron chi connectivity index (χ0n) is 15.1. The Labute approximate surface area is 144 Å². The van der Waals surface area contributed by atoms with Gasteiger partial charge in [-0.1, -0.05) is 49.0 Å². The molecule has 0 bridgehead atoms. The molecule has 0 saturated carbocycles. The van der Waals surface area contributed by atoms with Gasteiger partial charge in [-0.05, 0) is 40.0 Å². The third kappa shape index (κ3) is 10.4. The smallest absolute Gasteiger partial charge is 0.407 e. The highest BCUT2D eigenvalue weighted by molar-refractivity contribution is 9.09. The lowest BCUT2D eigenvalue weighted by atomic mass is 10.00. The second-order valence-electron chi connectivity index (χ2n) is 7.17. The van der Waals surface area contributed by atoms with E-state index >= 15 is 0 Å². The van der Waals surface area contributed by atoms with Crippen molar-refractivity contribution in [2.45, 2.75) is 78.4 Å². The molecule has 0 radical (unpaired) electrons. The molecule has 0 spiro atoms. The third-order valence-corrected chi connectivity index (χ3v) is 4.69. The van der Waals surface area contributed by atoms with Crippen LogP contribution in [0.3, 0.4) is 0 Å². The van der Waals surface area contributed by atoms with E-state index in [2.05, 4.69) is 35.1 Å². The lowest BCUT2D eigenvalue weighted by Crippen LogP contribution is -2.46. The summed E-state index contributed by atoms with van der Waals surface area (Å²) in [5.41, 5.74) is -0.903. The molecule has 0 fully saturated rings. The van der Waals surface area contributed by atoms with Gasteiger partial charge >= 0.3 is 6.09 Å². The molecule has 5 heteroatoms. The topological polar surface area (TPSA) is 47.6 Å². The summed E-state index contributed by atoms with van der Waals surface area (Å²) in [5.74, 6) is 0.583. The number of halogens is 1. The first kappa shape index (κ1) is 21.7. The Morgan fingerprint density at radius 3 is 2.32 bits per heavy atom. The summed E-state index contributed by atoms with van der Waals surface area (Å²) in [7, 11) is 0. The Kier molecular flexibility index (Phi) is 10.3. The van der Waals surface area contributed by atoms with Gasteiger partial charge in [0.15, 0.2) is 0 Å². The van der Waals surface area contributed by atoms with Crippen molar-refractivity contribution in [2.75, 3.05) is 18.5 Å². The summed E-state index contributed by atoms with van der Waals surface area (Å²) in [4.78, 5) is 11.8. The molecule has 0 rings (SSSR count). The largest absolute Gasteiger partial charge is 0.444 e. The molecule has 0 aliphatic heterocycles. The fourth-order valence-corrected chi connectivity index (χ4v) is 2.29. The van der Waals surface area contributed by atoms with Crippen LogP contribution in [-0.4, -0.2) is 35.8 Å². The molecule has 1 N–H and O–H groups in total. The number of unbranched alkanes of at least 4 members (excludes halogenated alkanes) is 1. The number of hydrogen-bond donors (Lipinski definition) is 1. The van der Waals surface area contributed by atoms with Gasteiger partial charge in [0, 0.05) is 5.33 Å². The first-order valence-corrected chi connectivity index (χ1v) is 9.44. The Morgan fingerprint density at radius 1 is 1.23 bits per heavy atom. The molecular formula is C17H34BrNO3. The summed E-state index contributed by atoms with van der Waals surface area (Å²) in [6.07, 6.45) is 4.37. The summed E-state index contributed by atoms with van der Waals surface area (Å²) in [5, 5.41) is 3.47. The van der Waals surface area contributed by atoms with Crippen LogP contribution in [-0.2, 0) is 9.47 Å². The van der Waals surface area contributed by atoms with E-state index in [1.54, 1.807) is 0 Å². The van der Waals surface area contributed by atoms with Crippen molar-refractivity contribution < 1.29 is 14.3 Å². The van der Waals surface area contributed by atoms with Gasteiger partial charge in [0.2, 0.25) is 0 Å². The van der Waals surface area contributed by atoms with Crippen LogP contribution in [0.5, 0.6) is 0 Å². The number of alkyl carbamates (subject to hydrolysis) is 1. The first-order chi connectivity index (χ1) is 10.2. The molecule has 0 aliphatic rings. The normalized spacial score (nSPS) is 16.0. The van der Waals surface area contributed by atoms with Crippen molar-refractivity contribution in [3.8, 4) is 0 Å². The van der Waals surface area contributed by atoms with E-state index in [4.69, 9.17) is 9.47 Å². The van der Waals surface area contributed by atoms with E-state index < -0.39 is 17.3 Å². The van der Waals surface area contributed by atoms with Crippen molar-refractivity contribution in [1.29, 1.82) is 0 Å². The Morgan fingerprint density at radius 2 is 1.86 bits per heavy atom. The van der Waals surface area contributed by atoms with Crippen molar-refractivity contribution in [1.82, 2.24) is 5.32 Å². The van der Waals surface area contributed by atoms with Gasteiger partial charge < -0.3 is 14.8 Å². The van der Waals surface area contributed by atoms with Gasteiger partial charge in [-0.15, -0.1) is 0 Å². The fraction of sp³-hybridized carbons (Fsp3) is 0.941. The summed E-state index contributed by atoms with van der Waals surface area (Å²) in [6, 6.07) is 0. The second kappa shape index (κ2) is 10.5. The second-order valence-corrected chi connectivity index (χ2v) is 7.73. The van der Waals surface area contributed by atoms with Gasteiger partial charge in [-0.3, -0.25) is 0 Å². The molecule has 22 heavy (non-hydrogen) atoms. The number of alkyl halides is 1. The van der Waals surface area contributed by atoms with E-state index in [0.29, 0.717) is 17.8 Å². The van der Waals surface area contributed by atoms with Crippen LogP contribution >= 0.6 is 15.9 Å². The van der Waals surface area contributed by atoms with Gasteiger partial charge in [0.1, 0.15) is 5.60 Å². The lowest BCUT2D eigenvalue weighted by molar-refractivity contribution is -0.0336. The third-order valence-electron chi connectivity index (χ3n) is 3.50. The molecule has 0 heterocycles. The zero-order valence-corrected chi connectivity index (χ0v) is 16.7. The van der Waals surface area contributed by atoms with Crippen LogP contribution in [0.4, 0.5) is 4.79 Å². The van der Waals surface area contributed by atoms with Crippen LogP contribution in [0.15, 0.2) is 0 Å². The number of rotatable bonds is 10. The highest BCUT2D eigenvalue weighted by Crippen LogP contribution is 2.19. The highest BCUT2D eigenvalue weighted by atomic mass is 79.9. The Balaban J connectivity index is 4.30. The molecule has 0 aromatic heterocycles. The standard InChI is InChI=1S/C17H34BrNO3/c1-7-9-10-14(8-2)11-21-17(6,12-18)13-19-15(20)22-16(3,4)5/h14H,7-13H2,1-6H3,(H,19,20). The van der Waals surface area contributed by atoms with E-state index in [0.717, 1.165) is 13.0 Å². The number of hydrogen-bond acceptors (Lipinski definition) is 3. The predicted octanol–water partition coefficient (Wildman–Crippen LogP) is 4.90. The number of nitrogens with one attached hydrogen (secondary N) is 1. The molecule has 0 aromatic carbocycles. The minimum atomic E-state index is -0.483. The maximum atomic E-state index is 11.8. The monoisotopic (exact) mass is 379 g/mol. The maximum Gasteiger partial charge on any atom is 0.407 e. The van der Waals surface area contributed by atoms with Crippen LogP contribution in [0.2, 0.25) is 0 Å². The van der Waals surface area contributed by atoms with Crippen molar-refractivity contribution >= 4 is 22.0 Å². The average molecular weight is 380 g/mol. The fourth-order valence-electron chi connectivity index (χ4n) is 1.93. The zero-order chi connectivity index (χ0) is 17.2.